The summed E-state index contributed by atoms with van der Waals surface area (Å²) < 4.78 is 2.20. The van der Waals surface area contributed by atoms with Crippen molar-refractivity contribution in [3.63, 3.8) is 0 Å². The Morgan fingerprint density at radius 1 is 1.40 bits per heavy atom. The number of hydrogen-bond donors (Lipinski definition) is 2. The van der Waals surface area contributed by atoms with Crippen LogP contribution in [0, 0.1) is 0 Å². The van der Waals surface area contributed by atoms with Crippen LogP contribution in [0.25, 0.3) is 10.9 Å². The van der Waals surface area contributed by atoms with Gasteiger partial charge in [0, 0.05) is 24.8 Å². The molecule has 1 unspecified atom stereocenters. The monoisotopic (exact) mass is 271 g/mol. The molecule has 4 nitrogen and oxygen atoms in total. The van der Waals surface area contributed by atoms with E-state index in [-0.39, 0.29) is 5.91 Å². The average Bonchev–Trinajstić information content (AvgIpc) is 2.87. The lowest BCUT2D eigenvalue weighted by molar-refractivity contribution is -0.122. The third-order valence-electron chi connectivity index (χ3n) is 3.31. The van der Waals surface area contributed by atoms with Crippen molar-refractivity contribution in [2.45, 2.75) is 25.4 Å². The molecule has 0 bridgehead atoms. The maximum absolute atomic E-state index is 11.6. The van der Waals surface area contributed by atoms with Crippen LogP contribution < -0.4 is 11.1 Å². The molecular weight excluding hydrogens is 250 g/mol. The van der Waals surface area contributed by atoms with Crippen LogP contribution in [0.2, 0.25) is 0 Å². The van der Waals surface area contributed by atoms with Gasteiger partial charge in [0.1, 0.15) is 0 Å². The second kappa shape index (κ2) is 6.91. The highest BCUT2D eigenvalue weighted by atomic mass is 16.2. The molecule has 0 fully saturated rings. The number of fused-ring (bicyclic) bond motifs is 1. The van der Waals surface area contributed by atoms with Gasteiger partial charge in [0.25, 0.3) is 0 Å². The van der Waals surface area contributed by atoms with Gasteiger partial charge in [0.2, 0.25) is 5.91 Å². The molecule has 0 aliphatic heterocycles. The van der Waals surface area contributed by atoms with E-state index in [0.717, 1.165) is 13.0 Å². The minimum Gasteiger partial charge on any atom is -0.355 e. The van der Waals surface area contributed by atoms with Crippen molar-refractivity contribution in [2.24, 2.45) is 5.73 Å². The van der Waals surface area contributed by atoms with E-state index in [2.05, 4.69) is 40.9 Å². The predicted octanol–water partition coefficient (Wildman–Crippen LogP) is 2.05. The molecule has 1 atom stereocenters. The minimum absolute atomic E-state index is 0.109. The van der Waals surface area contributed by atoms with Gasteiger partial charge in [0.05, 0.1) is 6.04 Å². The summed E-state index contributed by atoms with van der Waals surface area (Å²) >= 11 is 0. The van der Waals surface area contributed by atoms with Crippen molar-refractivity contribution >= 4 is 16.8 Å². The highest BCUT2D eigenvalue weighted by molar-refractivity contribution is 5.81. The summed E-state index contributed by atoms with van der Waals surface area (Å²) in [4.78, 5) is 11.6. The molecule has 0 aliphatic rings. The van der Waals surface area contributed by atoms with E-state index < -0.39 is 6.04 Å². The van der Waals surface area contributed by atoms with Crippen molar-refractivity contribution in [3.05, 3.63) is 49.2 Å². The first-order valence-electron chi connectivity index (χ1n) is 6.90. The van der Waals surface area contributed by atoms with Crippen LogP contribution in [0.3, 0.4) is 0 Å². The highest BCUT2D eigenvalue weighted by Gasteiger charge is 2.10. The molecule has 1 heterocycles. The quantitative estimate of drug-likeness (QED) is 0.598. The molecule has 2 rings (SSSR count). The van der Waals surface area contributed by atoms with Crippen LogP contribution in [0.5, 0.6) is 0 Å². The van der Waals surface area contributed by atoms with Crippen molar-refractivity contribution in [1.29, 1.82) is 0 Å². The Kier molecular flexibility index (Phi) is 4.96. The Balaban J connectivity index is 1.79. The molecule has 2 aromatic rings. The van der Waals surface area contributed by atoms with Crippen molar-refractivity contribution < 1.29 is 4.79 Å². The predicted molar refractivity (Wildman–Crippen MR) is 82.4 cm³/mol. The first-order chi connectivity index (χ1) is 9.72. The Labute approximate surface area is 119 Å². The molecule has 1 aromatic heterocycles. The number of nitrogens with one attached hydrogen (secondary N) is 1. The zero-order valence-electron chi connectivity index (χ0n) is 11.6. The molecule has 0 saturated heterocycles. The second-order valence-corrected chi connectivity index (χ2v) is 4.84. The number of carbonyl (C=O) groups excluding carboxylic acids is 1. The van der Waals surface area contributed by atoms with E-state index in [9.17, 15) is 4.79 Å². The van der Waals surface area contributed by atoms with Crippen LogP contribution in [-0.2, 0) is 11.3 Å². The average molecular weight is 271 g/mol. The van der Waals surface area contributed by atoms with Crippen molar-refractivity contribution in [1.82, 2.24) is 9.88 Å². The lowest BCUT2D eigenvalue weighted by Gasteiger charge is -2.10. The van der Waals surface area contributed by atoms with E-state index >= 15 is 0 Å². The molecule has 3 N–H and O–H groups in total. The third-order valence-corrected chi connectivity index (χ3v) is 3.31. The zero-order chi connectivity index (χ0) is 14.4. The zero-order valence-corrected chi connectivity index (χ0v) is 11.6. The topological polar surface area (TPSA) is 60.1 Å². The van der Waals surface area contributed by atoms with Gasteiger partial charge in [0.15, 0.2) is 0 Å². The summed E-state index contributed by atoms with van der Waals surface area (Å²) in [5.74, 6) is -0.109. The molecule has 0 spiro atoms. The molecule has 0 radical (unpaired) electrons. The molecule has 0 saturated carbocycles. The summed E-state index contributed by atoms with van der Waals surface area (Å²) in [6.45, 7) is 5.09. The molecule has 106 valence electrons. The van der Waals surface area contributed by atoms with Crippen LogP contribution in [0.1, 0.15) is 12.8 Å². The molecule has 4 heteroatoms. The number of nitrogens with zero attached hydrogens (tertiary/aromatic N) is 1. The first kappa shape index (κ1) is 14.3. The van der Waals surface area contributed by atoms with Gasteiger partial charge in [-0.15, -0.1) is 6.58 Å². The summed E-state index contributed by atoms with van der Waals surface area (Å²) in [5, 5.41) is 4.09. The fraction of sp³-hybridized carbons (Fsp3) is 0.312. The van der Waals surface area contributed by atoms with Gasteiger partial charge in [-0.3, -0.25) is 4.79 Å². The molecule has 20 heavy (non-hydrogen) atoms. The molecule has 1 amide bonds. The normalized spacial score (nSPS) is 12.2. The van der Waals surface area contributed by atoms with Gasteiger partial charge in [-0.05, 0) is 30.4 Å². The largest absolute Gasteiger partial charge is 0.355 e. The number of hydrogen-bond acceptors (Lipinski definition) is 2. The van der Waals surface area contributed by atoms with Gasteiger partial charge >= 0.3 is 0 Å². The Bertz CT molecular complexity index is 588. The second-order valence-electron chi connectivity index (χ2n) is 4.84. The fourth-order valence-electron chi connectivity index (χ4n) is 2.21. The molecule has 1 aromatic carbocycles. The van der Waals surface area contributed by atoms with E-state index in [1.807, 2.05) is 12.1 Å². The van der Waals surface area contributed by atoms with Crippen LogP contribution >= 0.6 is 0 Å². The van der Waals surface area contributed by atoms with E-state index in [1.165, 1.54) is 10.9 Å². The first-order valence-corrected chi connectivity index (χ1v) is 6.90. The van der Waals surface area contributed by atoms with Crippen molar-refractivity contribution in [2.75, 3.05) is 6.54 Å². The van der Waals surface area contributed by atoms with Gasteiger partial charge in [-0.1, -0.05) is 24.3 Å². The fourth-order valence-corrected chi connectivity index (χ4v) is 2.21. The van der Waals surface area contributed by atoms with Crippen molar-refractivity contribution in [3.8, 4) is 0 Å². The lowest BCUT2D eigenvalue weighted by Crippen LogP contribution is -2.40. The molecular formula is C16H21N3O. The number of aryl methyl sites for hydroxylation is 1. The number of aromatic nitrogens is 1. The maximum Gasteiger partial charge on any atom is 0.237 e. The summed E-state index contributed by atoms with van der Waals surface area (Å²) in [6.07, 6.45) is 5.13. The van der Waals surface area contributed by atoms with Crippen LogP contribution in [0.15, 0.2) is 49.2 Å². The number of carbonyl (C=O) groups is 1. The number of nitrogens with two attached hydrogens (primary N) is 1. The molecule has 0 aliphatic carbocycles. The Hall–Kier alpha value is -2.07. The Morgan fingerprint density at radius 3 is 3.00 bits per heavy atom. The third kappa shape index (κ3) is 3.48. The number of amides is 1. The Morgan fingerprint density at radius 2 is 2.20 bits per heavy atom. The number of rotatable bonds is 7. The van der Waals surface area contributed by atoms with Gasteiger partial charge in [-0.2, -0.15) is 0 Å². The summed E-state index contributed by atoms with van der Waals surface area (Å²) in [5.41, 5.74) is 6.91. The standard InChI is InChI=1S/C16H21N3O/c1-2-6-14(17)16(20)18-10-5-11-19-12-9-13-7-3-4-8-15(13)19/h2-4,7-9,12,14H,1,5-6,10-11,17H2,(H,18,20). The SMILES string of the molecule is C=CCC(N)C(=O)NCCCn1ccc2ccccc21. The van der Waals surface area contributed by atoms with Crippen LogP contribution in [0.4, 0.5) is 0 Å². The van der Waals surface area contributed by atoms with E-state index in [4.69, 9.17) is 5.73 Å². The minimum atomic E-state index is -0.486. The van der Waals surface area contributed by atoms with Crippen LogP contribution in [-0.4, -0.2) is 23.1 Å². The number of para-hydroxylation sites is 1. The highest BCUT2D eigenvalue weighted by Crippen LogP contribution is 2.15. The van der Waals surface area contributed by atoms with Gasteiger partial charge in [-0.25, -0.2) is 0 Å². The van der Waals surface area contributed by atoms with E-state index in [0.29, 0.717) is 13.0 Å². The number of benzene rings is 1. The summed E-state index contributed by atoms with van der Waals surface area (Å²) in [6, 6.07) is 9.90. The lowest BCUT2D eigenvalue weighted by atomic mass is 10.2. The maximum atomic E-state index is 11.6. The summed E-state index contributed by atoms with van der Waals surface area (Å²) in [7, 11) is 0. The van der Waals surface area contributed by atoms with E-state index in [1.54, 1.807) is 6.08 Å². The van der Waals surface area contributed by atoms with Gasteiger partial charge < -0.3 is 15.6 Å². The smallest absolute Gasteiger partial charge is 0.237 e.